The standard InChI is InChI=1S/C13H8ClFN2O/c14-13-2-1-12(7-17-13)18-8-10-3-9(6-16)4-11(15)5-10/h1-5,7H,8H2. The van der Waals surface area contributed by atoms with E-state index in [9.17, 15) is 4.39 Å². The first-order valence-corrected chi connectivity index (χ1v) is 5.49. The monoisotopic (exact) mass is 262 g/mol. The van der Waals surface area contributed by atoms with E-state index in [4.69, 9.17) is 21.6 Å². The topological polar surface area (TPSA) is 45.9 Å². The number of pyridine rings is 1. The SMILES string of the molecule is N#Cc1cc(F)cc(COc2ccc(Cl)nc2)c1. The molecule has 0 aliphatic heterocycles. The molecule has 2 rings (SSSR count). The Balaban J connectivity index is 2.08. The van der Waals surface area contributed by atoms with Crippen LogP contribution in [-0.4, -0.2) is 4.98 Å². The molecule has 18 heavy (non-hydrogen) atoms. The summed E-state index contributed by atoms with van der Waals surface area (Å²) in [5.41, 5.74) is 0.851. The molecule has 1 aromatic carbocycles. The highest BCUT2D eigenvalue weighted by Crippen LogP contribution is 2.15. The van der Waals surface area contributed by atoms with E-state index in [1.54, 1.807) is 18.2 Å². The minimum Gasteiger partial charge on any atom is -0.487 e. The number of ether oxygens (including phenoxy) is 1. The first-order chi connectivity index (χ1) is 8.67. The van der Waals surface area contributed by atoms with Crippen LogP contribution in [0.1, 0.15) is 11.1 Å². The molecule has 0 aliphatic rings. The Bertz CT molecular complexity index is 593. The Morgan fingerprint density at radius 1 is 1.33 bits per heavy atom. The molecule has 1 heterocycles. The van der Waals surface area contributed by atoms with E-state index in [-0.39, 0.29) is 12.2 Å². The van der Waals surface area contributed by atoms with Crippen LogP contribution in [0, 0.1) is 17.1 Å². The van der Waals surface area contributed by atoms with Crippen molar-refractivity contribution in [1.29, 1.82) is 5.26 Å². The van der Waals surface area contributed by atoms with Gasteiger partial charge in [-0.25, -0.2) is 9.37 Å². The number of rotatable bonds is 3. The highest BCUT2D eigenvalue weighted by Gasteiger charge is 2.02. The molecule has 2 aromatic rings. The molecule has 1 aromatic heterocycles. The third kappa shape index (κ3) is 3.19. The molecule has 0 N–H and O–H groups in total. The van der Waals surface area contributed by atoms with Crippen LogP contribution in [-0.2, 0) is 6.61 Å². The summed E-state index contributed by atoms with van der Waals surface area (Å²) in [5.74, 6) is 0.0732. The zero-order valence-electron chi connectivity index (χ0n) is 9.23. The van der Waals surface area contributed by atoms with Crippen molar-refractivity contribution in [2.75, 3.05) is 0 Å². The highest BCUT2D eigenvalue weighted by atomic mass is 35.5. The molecule has 0 saturated heterocycles. The van der Waals surface area contributed by atoms with Crippen molar-refractivity contribution in [3.8, 4) is 11.8 Å². The smallest absolute Gasteiger partial charge is 0.138 e. The summed E-state index contributed by atoms with van der Waals surface area (Å²) in [5, 5.41) is 9.10. The van der Waals surface area contributed by atoms with Crippen LogP contribution in [0.2, 0.25) is 5.15 Å². The molecule has 3 nitrogen and oxygen atoms in total. The van der Waals surface area contributed by atoms with Crippen molar-refractivity contribution in [2.24, 2.45) is 0 Å². The van der Waals surface area contributed by atoms with Gasteiger partial charge >= 0.3 is 0 Å². The molecular weight excluding hydrogens is 255 g/mol. The predicted octanol–water partition coefficient (Wildman–Crippen LogP) is 3.32. The lowest BCUT2D eigenvalue weighted by Gasteiger charge is -2.06. The van der Waals surface area contributed by atoms with Crippen LogP contribution in [0.25, 0.3) is 0 Å². The molecular formula is C13H8ClFN2O. The molecule has 0 spiro atoms. The first-order valence-electron chi connectivity index (χ1n) is 5.11. The summed E-state index contributed by atoms with van der Waals surface area (Å²) in [6.45, 7) is 0.162. The molecule has 0 saturated carbocycles. The first kappa shape index (κ1) is 12.3. The summed E-state index contributed by atoms with van der Waals surface area (Å²) in [4.78, 5) is 3.86. The Labute approximate surface area is 108 Å². The predicted molar refractivity (Wildman–Crippen MR) is 64.7 cm³/mol. The minimum atomic E-state index is -0.457. The Morgan fingerprint density at radius 3 is 2.83 bits per heavy atom. The fraction of sp³-hybridized carbons (Fsp3) is 0.0769. The summed E-state index contributed by atoms with van der Waals surface area (Å²) in [6, 6.07) is 9.23. The second kappa shape index (κ2) is 5.48. The number of hydrogen-bond acceptors (Lipinski definition) is 3. The van der Waals surface area contributed by atoms with Crippen LogP contribution in [0.3, 0.4) is 0 Å². The largest absolute Gasteiger partial charge is 0.487 e. The molecule has 0 atom stereocenters. The van der Waals surface area contributed by atoms with Gasteiger partial charge in [-0.1, -0.05) is 11.6 Å². The normalized spacial score (nSPS) is 9.83. The van der Waals surface area contributed by atoms with Gasteiger partial charge in [-0.15, -0.1) is 0 Å². The summed E-state index contributed by atoms with van der Waals surface area (Å²) in [7, 11) is 0. The van der Waals surface area contributed by atoms with E-state index >= 15 is 0 Å². The van der Waals surface area contributed by atoms with Gasteiger partial charge in [-0.3, -0.25) is 0 Å². The Hall–Kier alpha value is -2.12. The van der Waals surface area contributed by atoms with E-state index in [1.165, 1.54) is 18.3 Å². The average Bonchev–Trinajstić information content (AvgIpc) is 2.37. The van der Waals surface area contributed by atoms with Gasteiger partial charge in [-0.05, 0) is 35.9 Å². The minimum absolute atomic E-state index is 0.162. The lowest BCUT2D eigenvalue weighted by Crippen LogP contribution is -1.97. The molecule has 0 amide bonds. The van der Waals surface area contributed by atoms with E-state index in [0.717, 1.165) is 0 Å². The van der Waals surface area contributed by atoms with Gasteiger partial charge in [0.15, 0.2) is 0 Å². The highest BCUT2D eigenvalue weighted by molar-refractivity contribution is 6.29. The number of halogens is 2. The Morgan fingerprint density at radius 2 is 2.17 bits per heavy atom. The number of benzene rings is 1. The van der Waals surface area contributed by atoms with E-state index in [0.29, 0.717) is 16.5 Å². The second-order valence-corrected chi connectivity index (χ2v) is 3.95. The van der Waals surface area contributed by atoms with Crippen molar-refractivity contribution in [3.63, 3.8) is 0 Å². The van der Waals surface area contributed by atoms with Gasteiger partial charge in [0.2, 0.25) is 0 Å². The van der Waals surface area contributed by atoms with Gasteiger partial charge in [0.05, 0.1) is 17.8 Å². The lowest BCUT2D eigenvalue weighted by atomic mass is 10.1. The van der Waals surface area contributed by atoms with Gasteiger partial charge in [0, 0.05) is 0 Å². The van der Waals surface area contributed by atoms with Crippen LogP contribution in [0.15, 0.2) is 36.5 Å². The Kier molecular flexibility index (Phi) is 3.75. The number of nitriles is 1. The van der Waals surface area contributed by atoms with E-state index < -0.39 is 5.82 Å². The lowest BCUT2D eigenvalue weighted by molar-refractivity contribution is 0.304. The van der Waals surface area contributed by atoms with Crippen LogP contribution >= 0.6 is 11.6 Å². The molecule has 0 fully saturated rings. The number of hydrogen-bond donors (Lipinski definition) is 0. The third-order valence-electron chi connectivity index (χ3n) is 2.19. The van der Waals surface area contributed by atoms with E-state index in [1.807, 2.05) is 6.07 Å². The van der Waals surface area contributed by atoms with Crippen molar-refractivity contribution in [2.45, 2.75) is 6.61 Å². The fourth-order valence-electron chi connectivity index (χ4n) is 1.41. The quantitative estimate of drug-likeness (QED) is 0.797. The van der Waals surface area contributed by atoms with Crippen molar-refractivity contribution in [1.82, 2.24) is 4.98 Å². The van der Waals surface area contributed by atoms with Crippen LogP contribution in [0.4, 0.5) is 4.39 Å². The van der Waals surface area contributed by atoms with Crippen molar-refractivity contribution >= 4 is 11.6 Å². The van der Waals surface area contributed by atoms with E-state index in [2.05, 4.69) is 4.98 Å². The third-order valence-corrected chi connectivity index (χ3v) is 2.42. The summed E-state index contributed by atoms with van der Waals surface area (Å²) < 4.78 is 18.6. The van der Waals surface area contributed by atoms with Crippen molar-refractivity contribution in [3.05, 3.63) is 58.6 Å². The number of aromatic nitrogens is 1. The molecule has 0 bridgehead atoms. The van der Waals surface area contributed by atoms with Crippen LogP contribution in [0.5, 0.6) is 5.75 Å². The molecule has 0 aliphatic carbocycles. The maximum Gasteiger partial charge on any atom is 0.138 e. The summed E-state index contributed by atoms with van der Waals surface area (Å²) >= 11 is 5.64. The van der Waals surface area contributed by atoms with Crippen LogP contribution < -0.4 is 4.74 Å². The maximum atomic E-state index is 13.2. The van der Waals surface area contributed by atoms with Gasteiger partial charge in [-0.2, -0.15) is 5.26 Å². The number of nitrogens with zero attached hydrogens (tertiary/aromatic N) is 2. The van der Waals surface area contributed by atoms with Crippen molar-refractivity contribution < 1.29 is 9.13 Å². The molecule has 90 valence electrons. The summed E-state index contributed by atoms with van der Waals surface area (Å²) in [6.07, 6.45) is 1.48. The molecule has 0 radical (unpaired) electrons. The van der Waals surface area contributed by atoms with Gasteiger partial charge in [0.1, 0.15) is 23.3 Å². The van der Waals surface area contributed by atoms with Gasteiger partial charge < -0.3 is 4.74 Å². The maximum absolute atomic E-state index is 13.2. The fourth-order valence-corrected chi connectivity index (χ4v) is 1.52. The molecule has 5 heteroatoms. The van der Waals surface area contributed by atoms with Gasteiger partial charge in [0.25, 0.3) is 0 Å². The second-order valence-electron chi connectivity index (χ2n) is 3.57. The zero-order valence-corrected chi connectivity index (χ0v) is 9.99. The zero-order chi connectivity index (χ0) is 13.0. The molecule has 0 unspecified atom stereocenters. The average molecular weight is 263 g/mol.